The second-order valence-electron chi connectivity index (χ2n) is 3.25. The first-order valence-electron chi connectivity index (χ1n) is 4.50. The van der Waals surface area contributed by atoms with E-state index in [1.807, 2.05) is 0 Å². The normalized spacial score (nSPS) is 11.3. The Morgan fingerprint density at radius 1 is 1.12 bits per heavy atom. The van der Waals surface area contributed by atoms with Gasteiger partial charge in [0.1, 0.15) is 11.6 Å². The Bertz CT molecular complexity index is 474. The summed E-state index contributed by atoms with van der Waals surface area (Å²) in [5.41, 5.74) is -0.497. The molecular weight excluding hydrogens is 234 g/mol. The molecule has 0 saturated heterocycles. The molecule has 0 atom stereocenters. The molecule has 0 bridgehead atoms. The van der Waals surface area contributed by atoms with Crippen LogP contribution in [0.25, 0.3) is 6.08 Å². The van der Waals surface area contributed by atoms with E-state index in [4.69, 9.17) is 10.2 Å². The van der Waals surface area contributed by atoms with Crippen LogP contribution >= 0.6 is 0 Å². The van der Waals surface area contributed by atoms with Crippen molar-refractivity contribution in [2.75, 3.05) is 0 Å². The summed E-state index contributed by atoms with van der Waals surface area (Å²) >= 11 is 0. The molecule has 17 heavy (non-hydrogen) atoms. The van der Waals surface area contributed by atoms with E-state index in [0.29, 0.717) is 6.07 Å². The maximum absolute atomic E-state index is 12.8. The first-order valence-corrected chi connectivity index (χ1v) is 4.50. The maximum atomic E-state index is 12.8. The molecule has 0 heterocycles. The molecule has 6 heteroatoms. The van der Waals surface area contributed by atoms with Crippen LogP contribution in [0.15, 0.2) is 23.8 Å². The van der Waals surface area contributed by atoms with Crippen LogP contribution in [0.5, 0.6) is 0 Å². The third-order valence-corrected chi connectivity index (χ3v) is 1.84. The van der Waals surface area contributed by atoms with Crippen LogP contribution < -0.4 is 0 Å². The van der Waals surface area contributed by atoms with Crippen LogP contribution in [-0.4, -0.2) is 22.2 Å². The first kappa shape index (κ1) is 12.8. The standard InChI is InChI=1S/C11H8F2O4/c12-8-2-6(3-9(13)5-8)1-7(11(16)17)4-10(14)15/h1-3,5H,4H2,(H,14,15)(H,16,17)/b7-1+. The van der Waals surface area contributed by atoms with Crippen molar-refractivity contribution < 1.29 is 28.6 Å². The number of hydrogen-bond donors (Lipinski definition) is 2. The fourth-order valence-electron chi connectivity index (χ4n) is 1.21. The summed E-state index contributed by atoms with van der Waals surface area (Å²) in [5.74, 6) is -4.51. The molecule has 4 nitrogen and oxygen atoms in total. The number of rotatable bonds is 4. The van der Waals surface area contributed by atoms with E-state index in [0.717, 1.165) is 18.2 Å². The lowest BCUT2D eigenvalue weighted by molar-refractivity contribution is -0.139. The Hall–Kier alpha value is -2.24. The largest absolute Gasteiger partial charge is 0.481 e. The lowest BCUT2D eigenvalue weighted by Gasteiger charge is -2.00. The number of carboxylic acids is 2. The van der Waals surface area contributed by atoms with Crippen LogP contribution in [0.2, 0.25) is 0 Å². The van der Waals surface area contributed by atoms with Crippen LogP contribution in [0.4, 0.5) is 8.78 Å². The van der Waals surface area contributed by atoms with Crippen LogP contribution in [0, 0.1) is 11.6 Å². The molecule has 0 radical (unpaired) electrons. The highest BCUT2D eigenvalue weighted by atomic mass is 19.1. The fourth-order valence-corrected chi connectivity index (χ4v) is 1.21. The molecule has 0 aliphatic heterocycles. The van der Waals surface area contributed by atoms with Gasteiger partial charge in [-0.2, -0.15) is 0 Å². The number of halogens is 2. The number of aliphatic carboxylic acids is 2. The lowest BCUT2D eigenvalue weighted by Crippen LogP contribution is -2.06. The van der Waals surface area contributed by atoms with Crippen molar-refractivity contribution in [2.24, 2.45) is 0 Å². The summed E-state index contributed by atoms with van der Waals surface area (Å²) in [5, 5.41) is 17.2. The van der Waals surface area contributed by atoms with E-state index in [1.54, 1.807) is 0 Å². The zero-order valence-electron chi connectivity index (χ0n) is 8.48. The van der Waals surface area contributed by atoms with Gasteiger partial charge in [0.15, 0.2) is 0 Å². The molecule has 0 amide bonds. The Kier molecular flexibility index (Phi) is 3.92. The third-order valence-electron chi connectivity index (χ3n) is 1.84. The van der Waals surface area contributed by atoms with Gasteiger partial charge in [-0.15, -0.1) is 0 Å². The van der Waals surface area contributed by atoms with Crippen molar-refractivity contribution >= 4 is 18.0 Å². The number of benzene rings is 1. The molecule has 0 aliphatic rings. The predicted octanol–water partition coefficient (Wildman–Crippen LogP) is 1.91. The average molecular weight is 242 g/mol. The first-order chi connectivity index (χ1) is 7.88. The Morgan fingerprint density at radius 3 is 2.06 bits per heavy atom. The van der Waals surface area contributed by atoms with Crippen molar-refractivity contribution in [3.63, 3.8) is 0 Å². The number of hydrogen-bond acceptors (Lipinski definition) is 2. The van der Waals surface area contributed by atoms with Crippen molar-refractivity contribution in [3.8, 4) is 0 Å². The summed E-state index contributed by atoms with van der Waals surface area (Å²) in [6, 6.07) is 2.46. The lowest BCUT2D eigenvalue weighted by atomic mass is 10.1. The highest BCUT2D eigenvalue weighted by Gasteiger charge is 2.12. The van der Waals surface area contributed by atoms with Gasteiger partial charge in [-0.25, -0.2) is 13.6 Å². The summed E-state index contributed by atoms with van der Waals surface area (Å²) in [7, 11) is 0. The van der Waals surface area contributed by atoms with Crippen molar-refractivity contribution in [1.82, 2.24) is 0 Å². The van der Waals surface area contributed by atoms with Gasteiger partial charge in [0.25, 0.3) is 0 Å². The van der Waals surface area contributed by atoms with E-state index in [1.165, 1.54) is 0 Å². The van der Waals surface area contributed by atoms with E-state index >= 15 is 0 Å². The van der Waals surface area contributed by atoms with Gasteiger partial charge < -0.3 is 10.2 Å². The molecule has 0 aromatic heterocycles. The van der Waals surface area contributed by atoms with Crippen molar-refractivity contribution in [1.29, 1.82) is 0 Å². The zero-order chi connectivity index (χ0) is 13.0. The van der Waals surface area contributed by atoms with Crippen LogP contribution in [0.3, 0.4) is 0 Å². The number of carbonyl (C=O) groups is 2. The minimum atomic E-state index is -1.45. The Morgan fingerprint density at radius 2 is 1.65 bits per heavy atom. The van der Waals surface area contributed by atoms with Gasteiger partial charge in [-0.1, -0.05) is 0 Å². The number of carboxylic acid groups (broad SMARTS) is 2. The molecule has 0 saturated carbocycles. The van der Waals surface area contributed by atoms with Gasteiger partial charge >= 0.3 is 11.9 Å². The maximum Gasteiger partial charge on any atom is 0.332 e. The topological polar surface area (TPSA) is 74.6 Å². The third kappa shape index (κ3) is 4.02. The van der Waals surface area contributed by atoms with Crippen molar-refractivity contribution in [3.05, 3.63) is 41.0 Å². The minimum absolute atomic E-state index is 0.0406. The fraction of sp³-hybridized carbons (Fsp3) is 0.0909. The molecule has 90 valence electrons. The second-order valence-corrected chi connectivity index (χ2v) is 3.25. The summed E-state index contributed by atoms with van der Waals surface area (Å²) < 4.78 is 25.6. The zero-order valence-corrected chi connectivity index (χ0v) is 8.48. The summed E-state index contributed by atoms with van der Waals surface area (Å²) in [6.45, 7) is 0. The smallest absolute Gasteiger partial charge is 0.332 e. The molecule has 0 unspecified atom stereocenters. The highest BCUT2D eigenvalue weighted by molar-refractivity contribution is 5.96. The molecule has 2 N–H and O–H groups in total. The summed E-state index contributed by atoms with van der Waals surface area (Å²) in [4.78, 5) is 21.1. The van der Waals surface area contributed by atoms with Gasteiger partial charge in [0.2, 0.25) is 0 Å². The van der Waals surface area contributed by atoms with Crippen molar-refractivity contribution in [2.45, 2.75) is 6.42 Å². The van der Waals surface area contributed by atoms with Gasteiger partial charge in [-0.05, 0) is 23.8 Å². The average Bonchev–Trinajstić information content (AvgIpc) is 2.13. The van der Waals surface area contributed by atoms with Gasteiger partial charge in [0, 0.05) is 11.6 Å². The monoisotopic (exact) mass is 242 g/mol. The highest BCUT2D eigenvalue weighted by Crippen LogP contribution is 2.14. The quantitative estimate of drug-likeness (QED) is 0.791. The van der Waals surface area contributed by atoms with E-state index < -0.39 is 35.6 Å². The van der Waals surface area contributed by atoms with Crippen LogP contribution in [-0.2, 0) is 9.59 Å². The Labute approximate surface area is 94.8 Å². The molecule has 0 fully saturated rings. The van der Waals surface area contributed by atoms with Crippen LogP contribution in [0.1, 0.15) is 12.0 Å². The Balaban J connectivity index is 3.12. The molecule has 1 aromatic rings. The minimum Gasteiger partial charge on any atom is -0.481 e. The molecule has 1 aromatic carbocycles. The SMILES string of the molecule is O=C(O)C/C(=C\c1cc(F)cc(F)c1)C(=O)O. The molecule has 1 rings (SSSR count). The molecule has 0 aliphatic carbocycles. The van der Waals surface area contributed by atoms with Gasteiger partial charge in [0.05, 0.1) is 6.42 Å². The van der Waals surface area contributed by atoms with E-state index in [2.05, 4.69) is 0 Å². The predicted molar refractivity (Wildman–Crippen MR) is 54.2 cm³/mol. The van der Waals surface area contributed by atoms with Gasteiger partial charge in [-0.3, -0.25) is 4.79 Å². The second kappa shape index (κ2) is 5.20. The van der Waals surface area contributed by atoms with E-state index in [-0.39, 0.29) is 5.56 Å². The molecular formula is C11H8F2O4. The molecule has 0 spiro atoms. The summed E-state index contributed by atoms with van der Waals surface area (Å²) in [6.07, 6.45) is 0.191. The van der Waals surface area contributed by atoms with E-state index in [9.17, 15) is 18.4 Å².